The van der Waals surface area contributed by atoms with Gasteiger partial charge < -0.3 is 14.6 Å². The van der Waals surface area contributed by atoms with Crippen LogP contribution in [0.15, 0.2) is 23.0 Å². The topological polar surface area (TPSA) is 59.0 Å². The number of hydrogen-bond acceptors (Lipinski definition) is 4. The van der Waals surface area contributed by atoms with Crippen molar-refractivity contribution in [3.63, 3.8) is 0 Å². The lowest BCUT2D eigenvalue weighted by atomic mass is 10.1. The van der Waals surface area contributed by atoms with E-state index in [4.69, 9.17) is 14.6 Å². The number of methoxy groups -OCH3 is 1. The van der Waals surface area contributed by atoms with Crippen LogP contribution in [0.3, 0.4) is 0 Å². The number of rotatable bonds is 4. The molecular formula is C14H21NO4. The molecule has 0 atom stereocenters. The Bertz CT molecular complexity index is 394. The third kappa shape index (κ3) is 3.81. The van der Waals surface area contributed by atoms with Gasteiger partial charge in [0.05, 0.1) is 20.3 Å². The van der Waals surface area contributed by atoms with Crippen LogP contribution in [-0.2, 0) is 14.3 Å². The predicted octanol–water partition coefficient (Wildman–Crippen LogP) is 1.41. The highest BCUT2D eigenvalue weighted by Crippen LogP contribution is 2.24. The zero-order chi connectivity index (χ0) is 13.7. The van der Waals surface area contributed by atoms with E-state index in [1.54, 1.807) is 13.2 Å². The minimum atomic E-state index is -0.845. The SMILES string of the molecule is COC1=C(CN2CCOCC2)CCCC(C(=O)O)=C1. The minimum Gasteiger partial charge on any atom is -0.497 e. The molecular weight excluding hydrogens is 246 g/mol. The summed E-state index contributed by atoms with van der Waals surface area (Å²) in [5.74, 6) is -0.122. The van der Waals surface area contributed by atoms with Gasteiger partial charge in [-0.1, -0.05) is 0 Å². The number of ether oxygens (including phenoxy) is 2. The van der Waals surface area contributed by atoms with Crippen LogP contribution in [0, 0.1) is 0 Å². The summed E-state index contributed by atoms with van der Waals surface area (Å²) in [5, 5.41) is 9.11. The predicted molar refractivity (Wildman–Crippen MR) is 70.9 cm³/mol. The normalized spacial score (nSPS) is 21.8. The fourth-order valence-electron chi connectivity index (χ4n) is 2.51. The molecule has 0 amide bonds. The summed E-state index contributed by atoms with van der Waals surface area (Å²) in [7, 11) is 1.61. The van der Waals surface area contributed by atoms with E-state index in [2.05, 4.69) is 4.90 Å². The lowest BCUT2D eigenvalue weighted by Crippen LogP contribution is -2.37. The minimum absolute atomic E-state index is 0.439. The van der Waals surface area contributed by atoms with E-state index in [1.807, 2.05) is 0 Å². The molecule has 0 bridgehead atoms. The zero-order valence-electron chi connectivity index (χ0n) is 11.4. The van der Waals surface area contributed by atoms with Crippen LogP contribution in [0.4, 0.5) is 0 Å². The Balaban J connectivity index is 2.12. The molecule has 0 radical (unpaired) electrons. The van der Waals surface area contributed by atoms with Crippen LogP contribution >= 0.6 is 0 Å². The summed E-state index contributed by atoms with van der Waals surface area (Å²) in [6, 6.07) is 0. The standard InChI is InChI=1S/C14H21NO4/c1-18-13-9-11(14(16)17)3-2-4-12(13)10-15-5-7-19-8-6-15/h9H,2-8,10H2,1H3,(H,16,17). The summed E-state index contributed by atoms with van der Waals surface area (Å²) < 4.78 is 10.7. The first kappa shape index (κ1) is 14.1. The summed E-state index contributed by atoms with van der Waals surface area (Å²) in [4.78, 5) is 13.4. The maximum atomic E-state index is 11.1. The van der Waals surface area contributed by atoms with Crippen LogP contribution in [0.2, 0.25) is 0 Å². The highest BCUT2D eigenvalue weighted by atomic mass is 16.5. The molecule has 19 heavy (non-hydrogen) atoms. The molecule has 1 saturated heterocycles. The molecule has 1 N–H and O–H groups in total. The van der Waals surface area contributed by atoms with Crippen LogP contribution in [0.25, 0.3) is 0 Å². The van der Waals surface area contributed by atoms with Gasteiger partial charge in [0.2, 0.25) is 0 Å². The first-order valence-electron chi connectivity index (χ1n) is 6.70. The van der Waals surface area contributed by atoms with Gasteiger partial charge >= 0.3 is 5.97 Å². The highest BCUT2D eigenvalue weighted by Gasteiger charge is 2.19. The van der Waals surface area contributed by atoms with E-state index in [-0.39, 0.29) is 0 Å². The molecule has 5 heteroatoms. The molecule has 106 valence electrons. The Labute approximate surface area is 113 Å². The summed E-state index contributed by atoms with van der Waals surface area (Å²) in [5.41, 5.74) is 1.63. The molecule has 0 spiro atoms. The maximum absolute atomic E-state index is 11.1. The fourth-order valence-corrected chi connectivity index (χ4v) is 2.51. The maximum Gasteiger partial charge on any atom is 0.331 e. The van der Waals surface area contributed by atoms with E-state index in [1.165, 1.54) is 5.57 Å². The number of carboxylic acid groups (broad SMARTS) is 1. The molecule has 0 saturated carbocycles. The van der Waals surface area contributed by atoms with Crippen molar-refractivity contribution in [1.29, 1.82) is 0 Å². The lowest BCUT2D eigenvalue weighted by Gasteiger charge is -2.28. The van der Waals surface area contributed by atoms with Gasteiger partial charge in [-0.2, -0.15) is 0 Å². The van der Waals surface area contributed by atoms with E-state index in [0.29, 0.717) is 12.0 Å². The number of allylic oxidation sites excluding steroid dienone is 1. The molecule has 0 aromatic rings. The molecule has 5 nitrogen and oxygen atoms in total. The second-order valence-electron chi connectivity index (χ2n) is 4.89. The number of carbonyl (C=O) groups is 1. The highest BCUT2D eigenvalue weighted by molar-refractivity contribution is 5.87. The Morgan fingerprint density at radius 1 is 1.42 bits per heavy atom. The van der Waals surface area contributed by atoms with E-state index in [0.717, 1.165) is 51.4 Å². The number of aliphatic carboxylic acids is 1. The molecule has 1 fully saturated rings. The summed E-state index contributed by atoms with van der Waals surface area (Å²) in [6.07, 6.45) is 4.05. The van der Waals surface area contributed by atoms with Gasteiger partial charge in [0, 0.05) is 25.2 Å². The van der Waals surface area contributed by atoms with Crippen molar-refractivity contribution in [2.45, 2.75) is 19.3 Å². The van der Waals surface area contributed by atoms with E-state index in [9.17, 15) is 4.79 Å². The Kier molecular flexibility index (Phi) is 4.99. The summed E-state index contributed by atoms with van der Waals surface area (Å²) in [6.45, 7) is 4.24. The third-order valence-electron chi connectivity index (χ3n) is 3.59. The quantitative estimate of drug-likeness (QED) is 0.834. The van der Waals surface area contributed by atoms with E-state index >= 15 is 0 Å². The smallest absolute Gasteiger partial charge is 0.331 e. The van der Waals surface area contributed by atoms with Crippen LogP contribution in [-0.4, -0.2) is 55.9 Å². The lowest BCUT2D eigenvalue weighted by molar-refractivity contribution is -0.132. The number of carboxylic acids is 1. The second kappa shape index (κ2) is 6.73. The first-order chi connectivity index (χ1) is 9.20. The van der Waals surface area contributed by atoms with Crippen molar-refractivity contribution < 1.29 is 19.4 Å². The average molecular weight is 267 g/mol. The van der Waals surface area contributed by atoms with Crippen LogP contribution in [0.1, 0.15) is 19.3 Å². The molecule has 0 unspecified atom stereocenters. The first-order valence-corrected chi connectivity index (χ1v) is 6.70. The van der Waals surface area contributed by atoms with Crippen LogP contribution in [0.5, 0.6) is 0 Å². The monoisotopic (exact) mass is 267 g/mol. The molecule has 0 aromatic carbocycles. The fraction of sp³-hybridized carbons (Fsp3) is 0.643. The molecule has 1 aliphatic carbocycles. The van der Waals surface area contributed by atoms with Gasteiger partial charge in [-0.25, -0.2) is 4.79 Å². The van der Waals surface area contributed by atoms with Crippen molar-refractivity contribution >= 4 is 5.97 Å². The number of morpholine rings is 1. The molecule has 1 heterocycles. The molecule has 2 aliphatic rings. The number of hydrogen-bond donors (Lipinski definition) is 1. The van der Waals surface area contributed by atoms with Crippen LogP contribution < -0.4 is 0 Å². The molecule has 2 rings (SSSR count). The van der Waals surface area contributed by atoms with Gasteiger partial charge in [-0.15, -0.1) is 0 Å². The van der Waals surface area contributed by atoms with Crippen molar-refractivity contribution in [3.8, 4) is 0 Å². The van der Waals surface area contributed by atoms with Gasteiger partial charge in [-0.05, 0) is 30.9 Å². The van der Waals surface area contributed by atoms with Gasteiger partial charge in [0.1, 0.15) is 5.76 Å². The van der Waals surface area contributed by atoms with Gasteiger partial charge in [0.15, 0.2) is 0 Å². The molecule has 0 aromatic heterocycles. The van der Waals surface area contributed by atoms with Gasteiger partial charge in [0.25, 0.3) is 0 Å². The van der Waals surface area contributed by atoms with E-state index < -0.39 is 5.97 Å². The third-order valence-corrected chi connectivity index (χ3v) is 3.59. The van der Waals surface area contributed by atoms with Crippen molar-refractivity contribution in [2.75, 3.05) is 40.0 Å². The Hall–Kier alpha value is -1.33. The summed E-state index contributed by atoms with van der Waals surface area (Å²) >= 11 is 0. The average Bonchev–Trinajstić information content (AvgIpc) is 2.62. The van der Waals surface area contributed by atoms with Crippen molar-refractivity contribution in [2.24, 2.45) is 0 Å². The Morgan fingerprint density at radius 2 is 2.16 bits per heavy atom. The molecule has 1 aliphatic heterocycles. The zero-order valence-corrected chi connectivity index (χ0v) is 11.4. The van der Waals surface area contributed by atoms with Gasteiger partial charge in [-0.3, -0.25) is 4.90 Å². The van der Waals surface area contributed by atoms with Crippen molar-refractivity contribution in [3.05, 3.63) is 23.0 Å². The Morgan fingerprint density at radius 3 is 2.79 bits per heavy atom. The second-order valence-corrected chi connectivity index (χ2v) is 4.89. The largest absolute Gasteiger partial charge is 0.497 e. The number of nitrogens with zero attached hydrogens (tertiary/aromatic N) is 1. The van der Waals surface area contributed by atoms with Crippen molar-refractivity contribution in [1.82, 2.24) is 4.90 Å².